The van der Waals surface area contributed by atoms with Gasteiger partial charge in [-0.05, 0) is 50.4 Å². The number of hydrogen-bond donors (Lipinski definition) is 1. The lowest BCUT2D eigenvalue weighted by Gasteiger charge is -2.43. The van der Waals surface area contributed by atoms with E-state index in [-0.39, 0.29) is 6.42 Å². The van der Waals surface area contributed by atoms with E-state index in [2.05, 4.69) is 43.0 Å². The summed E-state index contributed by atoms with van der Waals surface area (Å²) in [6, 6.07) is 8.46. The van der Waals surface area contributed by atoms with Gasteiger partial charge in [-0.15, -0.1) is 0 Å². The minimum absolute atomic E-state index is 0.165. The Balaban J connectivity index is 2.30. The summed E-state index contributed by atoms with van der Waals surface area (Å²) in [7, 11) is 0. The van der Waals surface area contributed by atoms with Gasteiger partial charge in [-0.2, -0.15) is 0 Å². The predicted octanol–water partition coefficient (Wildman–Crippen LogP) is 3.42. The fraction of sp³-hybridized carbons (Fsp3) is 0.588. The van der Waals surface area contributed by atoms with Gasteiger partial charge in [-0.1, -0.05) is 37.6 Å². The fourth-order valence-corrected chi connectivity index (χ4v) is 3.18. The van der Waals surface area contributed by atoms with Crippen LogP contribution >= 0.6 is 0 Å². The number of nitrogens with zero attached hydrogens (tertiary/aromatic N) is 1. The first kappa shape index (κ1) is 15.0. The summed E-state index contributed by atoms with van der Waals surface area (Å²) >= 11 is 0. The van der Waals surface area contributed by atoms with Crippen LogP contribution in [0.3, 0.4) is 0 Å². The molecule has 2 rings (SSSR count). The summed E-state index contributed by atoms with van der Waals surface area (Å²) in [5.74, 6) is -0.724. The van der Waals surface area contributed by atoms with Crippen LogP contribution in [0.2, 0.25) is 0 Å². The molecule has 1 unspecified atom stereocenters. The Morgan fingerprint density at radius 2 is 1.80 bits per heavy atom. The van der Waals surface area contributed by atoms with Crippen molar-refractivity contribution < 1.29 is 9.90 Å². The zero-order valence-corrected chi connectivity index (χ0v) is 12.6. The second-order valence-electron chi connectivity index (χ2n) is 5.94. The molecule has 3 heteroatoms. The molecule has 1 aliphatic rings. The number of hydrogen-bond acceptors (Lipinski definition) is 2. The summed E-state index contributed by atoms with van der Waals surface area (Å²) in [5.41, 5.74) is 2.03. The van der Waals surface area contributed by atoms with Crippen molar-refractivity contribution in [1.82, 2.24) is 4.90 Å². The third-order valence-electron chi connectivity index (χ3n) is 4.53. The van der Waals surface area contributed by atoms with E-state index in [9.17, 15) is 9.90 Å². The van der Waals surface area contributed by atoms with Gasteiger partial charge in [-0.25, -0.2) is 0 Å². The first-order valence-corrected chi connectivity index (χ1v) is 7.62. The first-order chi connectivity index (χ1) is 9.56. The normalized spacial score (nSPS) is 19.5. The average molecular weight is 275 g/mol. The summed E-state index contributed by atoms with van der Waals surface area (Å²) in [6.45, 7) is 6.21. The number of aryl methyl sites for hydroxylation is 1. The highest BCUT2D eigenvalue weighted by molar-refractivity contribution is 5.69. The van der Waals surface area contributed by atoms with Crippen molar-refractivity contribution in [3.63, 3.8) is 0 Å². The maximum Gasteiger partial charge on any atom is 0.305 e. The number of aliphatic carboxylic acids is 1. The third-order valence-corrected chi connectivity index (χ3v) is 4.53. The quantitative estimate of drug-likeness (QED) is 0.895. The number of carboxylic acid groups (broad SMARTS) is 1. The molecule has 1 N–H and O–H groups in total. The highest BCUT2D eigenvalue weighted by Gasteiger charge is 2.36. The maximum atomic E-state index is 11.3. The van der Waals surface area contributed by atoms with Crippen LogP contribution in [0.25, 0.3) is 0 Å². The molecule has 1 saturated heterocycles. The molecule has 20 heavy (non-hydrogen) atoms. The zero-order chi connectivity index (χ0) is 14.6. The Hall–Kier alpha value is -1.35. The molecule has 1 aromatic carbocycles. The second-order valence-corrected chi connectivity index (χ2v) is 5.94. The van der Waals surface area contributed by atoms with Crippen LogP contribution in [0.1, 0.15) is 50.7 Å². The Bertz CT molecular complexity index is 449. The van der Waals surface area contributed by atoms with Crippen molar-refractivity contribution in [1.29, 1.82) is 0 Å². The SMILES string of the molecule is CCc1ccc(C(C)(CC(=O)O)N2CCCCC2)cc1. The van der Waals surface area contributed by atoms with Crippen molar-refractivity contribution in [2.75, 3.05) is 13.1 Å². The van der Waals surface area contributed by atoms with E-state index in [4.69, 9.17) is 0 Å². The van der Waals surface area contributed by atoms with Crippen molar-refractivity contribution in [2.45, 2.75) is 51.5 Å². The van der Waals surface area contributed by atoms with Crippen LogP contribution in [-0.2, 0) is 16.8 Å². The number of carboxylic acids is 1. The van der Waals surface area contributed by atoms with Crippen LogP contribution in [0.4, 0.5) is 0 Å². The van der Waals surface area contributed by atoms with Gasteiger partial charge >= 0.3 is 5.97 Å². The largest absolute Gasteiger partial charge is 0.481 e. The molecule has 0 radical (unpaired) electrons. The Morgan fingerprint density at radius 1 is 1.20 bits per heavy atom. The predicted molar refractivity (Wildman–Crippen MR) is 80.8 cm³/mol. The van der Waals surface area contributed by atoms with Crippen LogP contribution in [0, 0.1) is 0 Å². The molecule has 0 saturated carbocycles. The molecule has 0 spiro atoms. The van der Waals surface area contributed by atoms with E-state index in [1.54, 1.807) is 0 Å². The lowest BCUT2D eigenvalue weighted by molar-refractivity contribution is -0.140. The molecule has 1 aliphatic heterocycles. The van der Waals surface area contributed by atoms with E-state index in [0.717, 1.165) is 25.1 Å². The van der Waals surface area contributed by atoms with E-state index in [1.807, 2.05) is 0 Å². The minimum atomic E-state index is -0.724. The summed E-state index contributed by atoms with van der Waals surface area (Å²) in [4.78, 5) is 13.7. The Kier molecular flexibility index (Phi) is 4.81. The van der Waals surface area contributed by atoms with E-state index in [0.29, 0.717) is 0 Å². The molecule has 0 aromatic heterocycles. The van der Waals surface area contributed by atoms with Gasteiger partial charge < -0.3 is 5.11 Å². The van der Waals surface area contributed by atoms with Crippen LogP contribution in [0.15, 0.2) is 24.3 Å². The molecule has 0 bridgehead atoms. The minimum Gasteiger partial charge on any atom is -0.481 e. The Labute approximate surface area is 121 Å². The van der Waals surface area contributed by atoms with E-state index < -0.39 is 11.5 Å². The molecule has 0 amide bonds. The average Bonchev–Trinajstić information content (AvgIpc) is 2.47. The van der Waals surface area contributed by atoms with Gasteiger partial charge in [0, 0.05) is 0 Å². The Morgan fingerprint density at radius 3 is 2.30 bits per heavy atom. The zero-order valence-electron chi connectivity index (χ0n) is 12.6. The number of benzene rings is 1. The van der Waals surface area contributed by atoms with Crippen molar-refractivity contribution >= 4 is 5.97 Å². The fourth-order valence-electron chi connectivity index (χ4n) is 3.18. The van der Waals surface area contributed by atoms with Gasteiger partial charge in [-0.3, -0.25) is 9.69 Å². The molecule has 1 heterocycles. The van der Waals surface area contributed by atoms with Gasteiger partial charge in [0.1, 0.15) is 0 Å². The molecule has 110 valence electrons. The molecule has 3 nitrogen and oxygen atoms in total. The van der Waals surface area contributed by atoms with Gasteiger partial charge in [0.15, 0.2) is 0 Å². The standard InChI is InChI=1S/C17H25NO2/c1-3-14-7-9-15(10-8-14)17(2,13-16(19)20)18-11-5-4-6-12-18/h7-10H,3-6,11-13H2,1-2H3,(H,19,20). The second kappa shape index (κ2) is 6.40. The topological polar surface area (TPSA) is 40.5 Å². The van der Waals surface area contributed by atoms with Crippen LogP contribution in [-0.4, -0.2) is 29.1 Å². The lowest BCUT2D eigenvalue weighted by atomic mass is 9.84. The summed E-state index contributed by atoms with van der Waals surface area (Å²) in [6.07, 6.45) is 4.77. The molecular weight excluding hydrogens is 250 g/mol. The van der Waals surface area contributed by atoms with Gasteiger partial charge in [0.05, 0.1) is 12.0 Å². The van der Waals surface area contributed by atoms with Crippen molar-refractivity contribution in [3.05, 3.63) is 35.4 Å². The van der Waals surface area contributed by atoms with E-state index in [1.165, 1.54) is 24.8 Å². The lowest BCUT2D eigenvalue weighted by Crippen LogP contribution is -2.47. The number of likely N-dealkylation sites (tertiary alicyclic amines) is 1. The van der Waals surface area contributed by atoms with E-state index >= 15 is 0 Å². The summed E-state index contributed by atoms with van der Waals surface area (Å²) < 4.78 is 0. The molecule has 1 aromatic rings. The highest BCUT2D eigenvalue weighted by Crippen LogP contribution is 2.34. The molecule has 1 atom stereocenters. The number of rotatable bonds is 5. The monoisotopic (exact) mass is 275 g/mol. The summed E-state index contributed by atoms with van der Waals surface area (Å²) in [5, 5.41) is 9.32. The maximum absolute atomic E-state index is 11.3. The van der Waals surface area contributed by atoms with Crippen LogP contribution in [0.5, 0.6) is 0 Å². The van der Waals surface area contributed by atoms with Crippen molar-refractivity contribution in [3.8, 4) is 0 Å². The first-order valence-electron chi connectivity index (χ1n) is 7.62. The van der Waals surface area contributed by atoms with Crippen LogP contribution < -0.4 is 0 Å². The number of carbonyl (C=O) groups is 1. The van der Waals surface area contributed by atoms with Crippen molar-refractivity contribution in [2.24, 2.45) is 0 Å². The molecule has 0 aliphatic carbocycles. The molecule has 1 fully saturated rings. The molecular formula is C17H25NO2. The smallest absolute Gasteiger partial charge is 0.305 e. The van der Waals surface area contributed by atoms with Gasteiger partial charge in [0.25, 0.3) is 0 Å². The van der Waals surface area contributed by atoms with Gasteiger partial charge in [0.2, 0.25) is 0 Å². The highest BCUT2D eigenvalue weighted by atomic mass is 16.4. The number of piperidine rings is 1. The third kappa shape index (κ3) is 3.21.